The van der Waals surface area contributed by atoms with E-state index in [9.17, 15) is 9.59 Å². The number of aryl methyl sites for hydroxylation is 2. The van der Waals surface area contributed by atoms with Crippen molar-refractivity contribution in [1.82, 2.24) is 10.3 Å². The van der Waals surface area contributed by atoms with Crippen LogP contribution in [0.3, 0.4) is 0 Å². The first-order chi connectivity index (χ1) is 10.3. The molecule has 6 nitrogen and oxygen atoms in total. The summed E-state index contributed by atoms with van der Waals surface area (Å²) in [4.78, 5) is 29.3. The van der Waals surface area contributed by atoms with Gasteiger partial charge in [0, 0.05) is 4.88 Å². The van der Waals surface area contributed by atoms with Crippen molar-refractivity contribution in [3.63, 3.8) is 0 Å². The number of aromatic carboxylic acids is 1. The van der Waals surface area contributed by atoms with E-state index < -0.39 is 5.97 Å². The number of nitrogens with zero attached hydrogens (tertiary/aromatic N) is 1. The molecule has 2 heterocycles. The number of carbonyl (C=O) groups is 2. The van der Waals surface area contributed by atoms with E-state index in [1.807, 2.05) is 6.92 Å². The molecular weight excluding hydrogens is 324 g/mol. The normalized spacial score (nSPS) is 12.0. The second-order valence-corrected chi connectivity index (χ2v) is 7.01. The predicted molar refractivity (Wildman–Crippen MR) is 85.3 cm³/mol. The molecule has 8 heteroatoms. The Balaban J connectivity index is 2.17. The van der Waals surface area contributed by atoms with Crippen LogP contribution in [0.25, 0.3) is 0 Å². The molecule has 0 radical (unpaired) electrons. The molecule has 0 aliphatic carbocycles. The number of carboxylic acid groups (broad SMARTS) is 1. The highest BCUT2D eigenvalue weighted by Crippen LogP contribution is 2.30. The largest absolute Gasteiger partial charge is 0.495 e. The van der Waals surface area contributed by atoms with Gasteiger partial charge in [0.15, 0.2) is 0 Å². The van der Waals surface area contributed by atoms with Gasteiger partial charge >= 0.3 is 5.97 Å². The predicted octanol–water partition coefficient (Wildman–Crippen LogP) is 3.02. The lowest BCUT2D eigenvalue weighted by Gasteiger charge is -2.11. The molecule has 0 saturated heterocycles. The number of hydrogen-bond acceptors (Lipinski definition) is 6. The van der Waals surface area contributed by atoms with Gasteiger partial charge in [0.25, 0.3) is 5.91 Å². The highest BCUT2D eigenvalue weighted by Gasteiger charge is 2.22. The van der Waals surface area contributed by atoms with E-state index in [0.717, 1.165) is 16.2 Å². The molecule has 2 rings (SSSR count). The molecule has 0 fully saturated rings. The van der Waals surface area contributed by atoms with Crippen molar-refractivity contribution in [2.24, 2.45) is 0 Å². The molecule has 2 N–H and O–H groups in total. The molecule has 1 unspecified atom stereocenters. The number of aromatic nitrogens is 1. The molecule has 1 atom stereocenters. The molecule has 0 bridgehead atoms. The Morgan fingerprint density at radius 2 is 2.00 bits per heavy atom. The van der Waals surface area contributed by atoms with E-state index in [2.05, 4.69) is 10.3 Å². The van der Waals surface area contributed by atoms with Gasteiger partial charge in [-0.25, -0.2) is 9.78 Å². The lowest BCUT2D eigenvalue weighted by Crippen LogP contribution is -2.26. The van der Waals surface area contributed by atoms with Crippen molar-refractivity contribution in [2.75, 3.05) is 7.11 Å². The Kier molecular flexibility index (Phi) is 4.82. The number of rotatable bonds is 5. The molecule has 22 heavy (non-hydrogen) atoms. The van der Waals surface area contributed by atoms with Crippen LogP contribution >= 0.6 is 22.7 Å². The highest BCUT2D eigenvalue weighted by atomic mass is 32.1. The molecule has 0 spiro atoms. The lowest BCUT2D eigenvalue weighted by molar-refractivity contribution is 0.0701. The fourth-order valence-corrected chi connectivity index (χ4v) is 3.72. The molecule has 1 amide bonds. The third-order valence-corrected chi connectivity index (χ3v) is 5.33. The minimum atomic E-state index is -1.00. The van der Waals surface area contributed by atoms with Gasteiger partial charge in [-0.3, -0.25) is 4.79 Å². The Hall–Kier alpha value is -1.93. The van der Waals surface area contributed by atoms with E-state index in [0.29, 0.717) is 21.3 Å². The monoisotopic (exact) mass is 340 g/mol. The van der Waals surface area contributed by atoms with Gasteiger partial charge in [-0.2, -0.15) is 0 Å². The first kappa shape index (κ1) is 16.4. The zero-order chi connectivity index (χ0) is 16.4. The minimum absolute atomic E-state index is 0.195. The Bertz CT molecular complexity index is 720. The summed E-state index contributed by atoms with van der Waals surface area (Å²) >= 11 is 2.42. The molecule has 2 aromatic rings. The third-order valence-electron chi connectivity index (χ3n) is 2.97. The van der Waals surface area contributed by atoms with Gasteiger partial charge in [0.2, 0.25) is 0 Å². The second kappa shape index (κ2) is 6.45. The fourth-order valence-electron chi connectivity index (χ4n) is 1.93. The van der Waals surface area contributed by atoms with Gasteiger partial charge in [0.05, 0.1) is 18.8 Å². The average molecular weight is 340 g/mol. The third kappa shape index (κ3) is 3.28. The van der Waals surface area contributed by atoms with Crippen LogP contribution in [-0.4, -0.2) is 29.1 Å². The zero-order valence-corrected chi connectivity index (χ0v) is 14.2. The van der Waals surface area contributed by atoms with Crippen molar-refractivity contribution in [1.29, 1.82) is 0 Å². The lowest BCUT2D eigenvalue weighted by atomic mass is 10.3. The maximum atomic E-state index is 12.3. The van der Waals surface area contributed by atoms with E-state index >= 15 is 0 Å². The van der Waals surface area contributed by atoms with Crippen molar-refractivity contribution >= 4 is 34.6 Å². The first-order valence-corrected chi connectivity index (χ1v) is 8.12. The number of thiazole rings is 1. The maximum Gasteiger partial charge on any atom is 0.347 e. The molecule has 118 valence electrons. The van der Waals surface area contributed by atoms with Crippen LogP contribution in [0.1, 0.15) is 47.9 Å². The Morgan fingerprint density at radius 1 is 1.32 bits per heavy atom. The van der Waals surface area contributed by atoms with E-state index in [-0.39, 0.29) is 16.8 Å². The zero-order valence-electron chi connectivity index (χ0n) is 12.6. The van der Waals surface area contributed by atoms with Crippen LogP contribution < -0.4 is 10.1 Å². The van der Waals surface area contributed by atoms with Gasteiger partial charge in [0.1, 0.15) is 20.5 Å². The minimum Gasteiger partial charge on any atom is -0.495 e. The first-order valence-electron chi connectivity index (χ1n) is 6.49. The van der Waals surface area contributed by atoms with E-state index in [4.69, 9.17) is 9.84 Å². The summed E-state index contributed by atoms with van der Waals surface area (Å²) in [5, 5.41) is 12.5. The van der Waals surface area contributed by atoms with Gasteiger partial charge < -0.3 is 15.2 Å². The van der Waals surface area contributed by atoms with Crippen LogP contribution in [0.5, 0.6) is 5.75 Å². The Morgan fingerprint density at radius 3 is 2.55 bits per heavy atom. The molecule has 0 aliphatic rings. The molecule has 2 aromatic heterocycles. The number of ether oxygens (including phenoxy) is 1. The standard InChI is InChI=1S/C14H16N2O4S2/c1-6-5-9(20-4)11(21-6)12(17)15-8(3)13-16-7(2)10(22-13)14(18)19/h5,8H,1-4H3,(H,15,17)(H,18,19). The number of nitrogens with one attached hydrogen (secondary N) is 1. The van der Waals surface area contributed by atoms with Gasteiger partial charge in [-0.05, 0) is 26.8 Å². The van der Waals surface area contributed by atoms with Crippen LogP contribution in [0.15, 0.2) is 6.07 Å². The average Bonchev–Trinajstić information content (AvgIpc) is 3.01. The topological polar surface area (TPSA) is 88.5 Å². The maximum absolute atomic E-state index is 12.3. The van der Waals surface area contributed by atoms with Gasteiger partial charge in [-0.15, -0.1) is 22.7 Å². The Labute approximate surface area is 135 Å². The summed E-state index contributed by atoms with van der Waals surface area (Å²) in [5.74, 6) is -0.726. The molecule has 0 aliphatic heterocycles. The van der Waals surface area contributed by atoms with Gasteiger partial charge in [-0.1, -0.05) is 0 Å². The number of carbonyl (C=O) groups excluding carboxylic acids is 1. The van der Waals surface area contributed by atoms with Crippen LogP contribution in [0, 0.1) is 13.8 Å². The summed E-state index contributed by atoms with van der Waals surface area (Å²) in [6.07, 6.45) is 0. The van der Waals surface area contributed by atoms with Crippen LogP contribution in [-0.2, 0) is 0 Å². The summed E-state index contributed by atoms with van der Waals surface area (Å²) in [5.41, 5.74) is 0.457. The van der Waals surface area contributed by atoms with Crippen molar-refractivity contribution in [3.05, 3.63) is 31.4 Å². The van der Waals surface area contributed by atoms with Crippen LogP contribution in [0.2, 0.25) is 0 Å². The quantitative estimate of drug-likeness (QED) is 0.873. The molecule has 0 aromatic carbocycles. The SMILES string of the molecule is COc1cc(C)sc1C(=O)NC(C)c1nc(C)c(C(=O)O)s1. The number of amides is 1. The summed E-state index contributed by atoms with van der Waals surface area (Å²) in [6, 6.07) is 1.43. The number of carboxylic acids is 1. The summed E-state index contributed by atoms with van der Waals surface area (Å²) in [7, 11) is 1.52. The fraction of sp³-hybridized carbons (Fsp3) is 0.357. The number of thiophene rings is 1. The summed E-state index contributed by atoms with van der Waals surface area (Å²) < 4.78 is 5.19. The van der Waals surface area contributed by atoms with Crippen molar-refractivity contribution in [3.8, 4) is 5.75 Å². The number of hydrogen-bond donors (Lipinski definition) is 2. The highest BCUT2D eigenvalue weighted by molar-refractivity contribution is 7.14. The molecule has 0 saturated carbocycles. The van der Waals surface area contributed by atoms with E-state index in [1.54, 1.807) is 19.9 Å². The van der Waals surface area contributed by atoms with Crippen molar-refractivity contribution < 1.29 is 19.4 Å². The molecular formula is C14H16N2O4S2. The second-order valence-electron chi connectivity index (χ2n) is 4.72. The summed E-state index contributed by atoms with van der Waals surface area (Å²) in [6.45, 7) is 5.31. The van der Waals surface area contributed by atoms with Crippen LogP contribution in [0.4, 0.5) is 0 Å². The smallest absolute Gasteiger partial charge is 0.347 e. The van der Waals surface area contributed by atoms with Crippen molar-refractivity contribution in [2.45, 2.75) is 26.8 Å². The van der Waals surface area contributed by atoms with E-state index in [1.165, 1.54) is 18.4 Å². The number of methoxy groups -OCH3 is 1.